The number of hydrogen-bond donors (Lipinski definition) is 1. The molecule has 0 saturated carbocycles. The van der Waals surface area contributed by atoms with Gasteiger partial charge in [-0.2, -0.15) is 10.4 Å². The molecule has 4 aromatic rings. The zero-order valence-electron chi connectivity index (χ0n) is 25.0. The molecule has 0 aliphatic carbocycles. The van der Waals surface area contributed by atoms with Gasteiger partial charge in [0.15, 0.2) is 11.7 Å². The number of aliphatic hydroxyl groups is 1. The summed E-state index contributed by atoms with van der Waals surface area (Å²) in [6, 6.07) is 9.29. The van der Waals surface area contributed by atoms with Crippen LogP contribution in [0.15, 0.2) is 55.5 Å². The number of fused-ring (bicyclic) bond motifs is 1. The summed E-state index contributed by atoms with van der Waals surface area (Å²) >= 11 is 0. The number of rotatable bonds is 9. The van der Waals surface area contributed by atoms with Gasteiger partial charge in [0, 0.05) is 38.2 Å². The van der Waals surface area contributed by atoms with E-state index >= 15 is 0 Å². The Kier molecular flexibility index (Phi) is 8.05. The second kappa shape index (κ2) is 12.1. The lowest BCUT2D eigenvalue weighted by Crippen LogP contribution is -2.71. The number of carbonyl (C=O) groups is 2. The largest absolute Gasteiger partial charge is 0.479 e. The SMILES string of the molecule is C=CC(=O)N1CC(OC)(C(=O)N2CCC(n3nnc(-c4cc(O[C@H](CO)c5ccccn5)c5c(C#N)cnn5c4)c3C)CC2)C1. The van der Waals surface area contributed by atoms with Crippen molar-refractivity contribution in [1.29, 1.82) is 5.26 Å². The quantitative estimate of drug-likeness (QED) is 0.276. The van der Waals surface area contributed by atoms with Crippen molar-refractivity contribution in [2.75, 3.05) is 39.9 Å². The number of nitriles is 1. The average Bonchev–Trinajstić information content (AvgIpc) is 3.66. The number of aliphatic hydroxyl groups excluding tert-OH is 1. The molecule has 2 saturated heterocycles. The van der Waals surface area contributed by atoms with Gasteiger partial charge in [0.25, 0.3) is 5.91 Å². The molecule has 0 aromatic carbocycles. The maximum atomic E-state index is 13.4. The van der Waals surface area contributed by atoms with Crippen LogP contribution in [0.5, 0.6) is 5.75 Å². The van der Waals surface area contributed by atoms with E-state index in [1.165, 1.54) is 19.4 Å². The number of likely N-dealkylation sites (tertiary alicyclic amines) is 2. The Bertz CT molecular complexity index is 1780. The van der Waals surface area contributed by atoms with E-state index in [-0.39, 0.29) is 37.6 Å². The number of amides is 2. The molecule has 0 radical (unpaired) electrons. The first-order valence-corrected chi connectivity index (χ1v) is 14.6. The molecule has 14 nitrogen and oxygen atoms in total. The minimum Gasteiger partial charge on any atom is -0.479 e. The monoisotopic (exact) mass is 611 g/mol. The van der Waals surface area contributed by atoms with Gasteiger partial charge < -0.3 is 24.4 Å². The lowest BCUT2D eigenvalue weighted by Gasteiger charge is -2.49. The fraction of sp³-hybridized carbons (Fsp3) is 0.387. The summed E-state index contributed by atoms with van der Waals surface area (Å²) in [5.41, 5.74) is 2.43. The minimum atomic E-state index is -1.02. The van der Waals surface area contributed by atoms with Crippen LogP contribution in [0.25, 0.3) is 16.8 Å². The average molecular weight is 612 g/mol. The van der Waals surface area contributed by atoms with Gasteiger partial charge in [-0.3, -0.25) is 14.6 Å². The van der Waals surface area contributed by atoms with Crippen molar-refractivity contribution >= 4 is 17.3 Å². The van der Waals surface area contributed by atoms with E-state index in [1.807, 2.05) is 17.7 Å². The van der Waals surface area contributed by atoms with Crippen LogP contribution in [0.1, 0.15) is 41.9 Å². The number of pyridine rings is 2. The van der Waals surface area contributed by atoms with Gasteiger partial charge in [0.05, 0.1) is 43.3 Å². The smallest absolute Gasteiger partial charge is 0.258 e. The highest BCUT2D eigenvalue weighted by Crippen LogP contribution is 2.35. The number of ether oxygens (including phenoxy) is 2. The number of nitrogens with zero attached hydrogens (tertiary/aromatic N) is 9. The molecule has 2 fully saturated rings. The molecule has 6 heterocycles. The lowest BCUT2D eigenvalue weighted by atomic mass is 9.90. The normalized spacial score (nSPS) is 17.0. The van der Waals surface area contributed by atoms with E-state index in [1.54, 1.807) is 44.9 Å². The Balaban J connectivity index is 1.21. The molecule has 1 N–H and O–H groups in total. The number of methoxy groups -OCH3 is 1. The molecule has 2 aliphatic rings. The topological polar surface area (TPSA) is 164 Å². The minimum absolute atomic E-state index is 0.0197. The van der Waals surface area contributed by atoms with Gasteiger partial charge in [-0.15, -0.1) is 5.10 Å². The van der Waals surface area contributed by atoms with Gasteiger partial charge in [-0.1, -0.05) is 17.9 Å². The Labute approximate surface area is 259 Å². The Hall–Kier alpha value is -5.13. The molecule has 0 spiro atoms. The highest BCUT2D eigenvalue weighted by Gasteiger charge is 2.53. The summed E-state index contributed by atoms with van der Waals surface area (Å²) in [5, 5.41) is 33.2. The fourth-order valence-electron chi connectivity index (χ4n) is 6.06. The molecule has 4 aromatic heterocycles. The van der Waals surface area contributed by atoms with E-state index in [2.05, 4.69) is 33.0 Å². The van der Waals surface area contributed by atoms with Gasteiger partial charge in [-0.25, -0.2) is 9.20 Å². The van der Waals surface area contributed by atoms with E-state index in [4.69, 9.17) is 9.47 Å². The van der Waals surface area contributed by atoms with Gasteiger partial charge in [0.1, 0.15) is 28.6 Å². The molecule has 0 unspecified atom stereocenters. The predicted octanol–water partition coefficient (Wildman–Crippen LogP) is 1.86. The molecular formula is C31H33N9O5. The highest BCUT2D eigenvalue weighted by molar-refractivity contribution is 5.93. The van der Waals surface area contributed by atoms with Crippen LogP contribution in [0.3, 0.4) is 0 Å². The van der Waals surface area contributed by atoms with Crippen LogP contribution in [0.4, 0.5) is 0 Å². The number of hydrogen-bond acceptors (Lipinski definition) is 10. The van der Waals surface area contributed by atoms with Crippen molar-refractivity contribution in [3.05, 3.63) is 72.5 Å². The van der Waals surface area contributed by atoms with Crippen molar-refractivity contribution < 1.29 is 24.2 Å². The highest BCUT2D eigenvalue weighted by atomic mass is 16.5. The molecule has 2 amide bonds. The summed E-state index contributed by atoms with van der Waals surface area (Å²) in [4.78, 5) is 33.0. The van der Waals surface area contributed by atoms with Crippen LogP contribution in [-0.2, 0) is 14.3 Å². The van der Waals surface area contributed by atoms with Gasteiger partial charge in [-0.05, 0) is 44.0 Å². The van der Waals surface area contributed by atoms with Crippen molar-refractivity contribution in [3.8, 4) is 23.1 Å². The van der Waals surface area contributed by atoms with Crippen molar-refractivity contribution in [2.24, 2.45) is 0 Å². The van der Waals surface area contributed by atoms with Gasteiger partial charge >= 0.3 is 0 Å². The molecule has 2 aliphatic heterocycles. The fourth-order valence-corrected chi connectivity index (χ4v) is 6.06. The maximum absolute atomic E-state index is 13.4. The second-order valence-corrected chi connectivity index (χ2v) is 11.2. The summed E-state index contributed by atoms with van der Waals surface area (Å²) in [6.07, 6.45) is 6.67. The second-order valence-electron chi connectivity index (χ2n) is 11.2. The van der Waals surface area contributed by atoms with Gasteiger partial charge in [0.2, 0.25) is 5.91 Å². The third-order valence-electron chi connectivity index (χ3n) is 8.61. The Morgan fingerprint density at radius 3 is 2.69 bits per heavy atom. The first kappa shape index (κ1) is 29.9. The first-order chi connectivity index (χ1) is 21.8. The van der Waals surface area contributed by atoms with E-state index in [0.717, 1.165) is 5.69 Å². The molecule has 232 valence electrons. The first-order valence-electron chi connectivity index (χ1n) is 14.6. The van der Waals surface area contributed by atoms with Crippen molar-refractivity contribution in [2.45, 2.75) is 37.5 Å². The zero-order valence-corrected chi connectivity index (χ0v) is 25.0. The number of carbonyl (C=O) groups excluding carboxylic acids is 2. The molecule has 1 atom stereocenters. The lowest BCUT2D eigenvalue weighted by molar-refractivity contribution is -0.182. The van der Waals surface area contributed by atoms with E-state index < -0.39 is 11.7 Å². The summed E-state index contributed by atoms with van der Waals surface area (Å²) in [6.45, 7) is 6.58. The number of piperidine rings is 1. The Morgan fingerprint density at radius 2 is 2.04 bits per heavy atom. The summed E-state index contributed by atoms with van der Waals surface area (Å²) < 4.78 is 15.3. The molecular weight excluding hydrogens is 578 g/mol. The van der Waals surface area contributed by atoms with Crippen molar-refractivity contribution in [1.82, 2.24) is 39.4 Å². The maximum Gasteiger partial charge on any atom is 0.258 e. The third kappa shape index (κ3) is 5.30. The molecule has 0 bridgehead atoms. The standard InChI is InChI=1S/C31H33N9O5/c1-4-27(42)38-18-31(19-38,44-3)30(43)37-11-8-23(9-12-37)40-20(2)28(35-36-40)21-13-25(29-22(14-32)15-34-39(29)16-21)45-26(17-41)24-7-5-6-10-33-24/h4-7,10,13,15-16,23,26,41H,1,8-9,11-12,17-19H2,2-3H3/t26-/m1/s1. The Morgan fingerprint density at radius 1 is 1.27 bits per heavy atom. The van der Waals surface area contributed by atoms with Crippen LogP contribution >= 0.6 is 0 Å². The van der Waals surface area contributed by atoms with Crippen LogP contribution in [-0.4, -0.2) is 102 Å². The van der Waals surface area contributed by atoms with Crippen LogP contribution in [0.2, 0.25) is 0 Å². The van der Waals surface area contributed by atoms with E-state index in [0.29, 0.717) is 59.7 Å². The zero-order chi connectivity index (χ0) is 31.7. The molecule has 14 heteroatoms. The van der Waals surface area contributed by atoms with Crippen LogP contribution in [0, 0.1) is 18.3 Å². The summed E-state index contributed by atoms with van der Waals surface area (Å²) in [5.74, 6) is 0.0173. The van der Waals surface area contributed by atoms with E-state index in [9.17, 15) is 20.0 Å². The predicted molar refractivity (Wildman–Crippen MR) is 160 cm³/mol. The third-order valence-corrected chi connectivity index (χ3v) is 8.61. The molecule has 45 heavy (non-hydrogen) atoms. The molecule has 6 rings (SSSR count). The summed E-state index contributed by atoms with van der Waals surface area (Å²) in [7, 11) is 1.50. The van der Waals surface area contributed by atoms with Crippen molar-refractivity contribution in [3.63, 3.8) is 0 Å². The van der Waals surface area contributed by atoms with Crippen LogP contribution < -0.4 is 4.74 Å². The number of aromatic nitrogens is 6.